The van der Waals surface area contributed by atoms with Gasteiger partial charge in [-0.2, -0.15) is 13.2 Å². The van der Waals surface area contributed by atoms with E-state index in [1.54, 1.807) is 6.92 Å². The normalized spacial score (nSPS) is 18.0. The molecule has 1 heterocycles. The SMILES string of the molecule is CC(C(=O)Nc1ccc(Cl)cc1C(F)(F)F)N1CCOCC1. The zero-order chi connectivity index (χ0) is 16.3. The summed E-state index contributed by atoms with van der Waals surface area (Å²) in [6.07, 6.45) is -4.59. The van der Waals surface area contributed by atoms with Crippen LogP contribution in [0.1, 0.15) is 12.5 Å². The van der Waals surface area contributed by atoms with Crippen molar-refractivity contribution in [2.24, 2.45) is 0 Å². The molecule has 1 N–H and O–H groups in total. The molecule has 1 fully saturated rings. The van der Waals surface area contributed by atoms with E-state index in [0.717, 1.165) is 12.1 Å². The molecule has 22 heavy (non-hydrogen) atoms. The molecule has 1 aliphatic heterocycles. The summed E-state index contributed by atoms with van der Waals surface area (Å²) in [7, 11) is 0. The highest BCUT2D eigenvalue weighted by Crippen LogP contribution is 2.36. The first-order valence-corrected chi connectivity index (χ1v) is 7.16. The minimum Gasteiger partial charge on any atom is -0.379 e. The highest BCUT2D eigenvalue weighted by atomic mass is 35.5. The topological polar surface area (TPSA) is 41.6 Å². The summed E-state index contributed by atoms with van der Waals surface area (Å²) >= 11 is 5.61. The van der Waals surface area contributed by atoms with Crippen molar-refractivity contribution in [2.75, 3.05) is 31.6 Å². The van der Waals surface area contributed by atoms with Gasteiger partial charge in [-0.1, -0.05) is 11.6 Å². The number of morpholine rings is 1. The molecule has 0 aromatic heterocycles. The van der Waals surface area contributed by atoms with E-state index >= 15 is 0 Å². The average Bonchev–Trinajstić information content (AvgIpc) is 2.48. The van der Waals surface area contributed by atoms with Gasteiger partial charge in [0.2, 0.25) is 5.91 Å². The molecular weight excluding hydrogens is 321 g/mol. The second-order valence-electron chi connectivity index (χ2n) is 5.00. The van der Waals surface area contributed by atoms with E-state index < -0.39 is 23.7 Å². The Bertz CT molecular complexity index is 545. The zero-order valence-electron chi connectivity index (χ0n) is 11.9. The van der Waals surface area contributed by atoms with Crippen LogP contribution in [0.2, 0.25) is 5.02 Å². The lowest BCUT2D eigenvalue weighted by molar-refractivity contribution is -0.137. The van der Waals surface area contributed by atoms with E-state index in [-0.39, 0.29) is 10.7 Å². The third-order valence-corrected chi connectivity index (χ3v) is 3.75. The van der Waals surface area contributed by atoms with Crippen molar-refractivity contribution in [1.82, 2.24) is 4.90 Å². The Kier molecular flexibility index (Phi) is 5.31. The minimum atomic E-state index is -4.59. The predicted molar refractivity (Wildman–Crippen MR) is 76.9 cm³/mol. The van der Waals surface area contributed by atoms with E-state index in [1.807, 2.05) is 4.90 Å². The maximum Gasteiger partial charge on any atom is 0.418 e. The first-order valence-electron chi connectivity index (χ1n) is 6.78. The number of carbonyl (C=O) groups is 1. The lowest BCUT2D eigenvalue weighted by Crippen LogP contribution is -2.47. The zero-order valence-corrected chi connectivity index (χ0v) is 12.7. The fourth-order valence-corrected chi connectivity index (χ4v) is 2.40. The first kappa shape index (κ1) is 17.1. The number of benzene rings is 1. The van der Waals surface area contributed by atoms with Crippen LogP contribution in [0.4, 0.5) is 18.9 Å². The second kappa shape index (κ2) is 6.85. The van der Waals surface area contributed by atoms with Gasteiger partial charge >= 0.3 is 6.18 Å². The van der Waals surface area contributed by atoms with Gasteiger partial charge in [-0.3, -0.25) is 9.69 Å². The van der Waals surface area contributed by atoms with Crippen molar-refractivity contribution in [3.8, 4) is 0 Å². The Hall–Kier alpha value is -1.31. The average molecular weight is 337 g/mol. The second-order valence-corrected chi connectivity index (χ2v) is 5.44. The molecule has 0 aliphatic carbocycles. The van der Waals surface area contributed by atoms with Gasteiger partial charge in [0.1, 0.15) is 0 Å². The molecule has 1 aromatic carbocycles. The summed E-state index contributed by atoms with van der Waals surface area (Å²) in [4.78, 5) is 14.0. The lowest BCUT2D eigenvalue weighted by Gasteiger charge is -2.31. The van der Waals surface area contributed by atoms with Crippen LogP contribution in [0.3, 0.4) is 0 Å². The van der Waals surface area contributed by atoms with E-state index in [4.69, 9.17) is 16.3 Å². The van der Waals surface area contributed by atoms with Gasteiger partial charge in [-0.15, -0.1) is 0 Å². The summed E-state index contributed by atoms with van der Waals surface area (Å²) in [5, 5.41) is 2.31. The summed E-state index contributed by atoms with van der Waals surface area (Å²) < 4.78 is 44.2. The van der Waals surface area contributed by atoms with Gasteiger partial charge in [-0.25, -0.2) is 0 Å². The van der Waals surface area contributed by atoms with E-state index in [9.17, 15) is 18.0 Å². The summed E-state index contributed by atoms with van der Waals surface area (Å²) in [5.74, 6) is -0.491. The predicted octanol–water partition coefficient (Wildman–Crippen LogP) is 3.02. The molecule has 0 spiro atoms. The number of hydrogen-bond acceptors (Lipinski definition) is 3. The number of ether oxygens (including phenoxy) is 1. The summed E-state index contributed by atoms with van der Waals surface area (Å²) in [6.45, 7) is 3.81. The molecule has 0 radical (unpaired) electrons. The van der Waals surface area contributed by atoms with Crippen LogP contribution in [-0.4, -0.2) is 43.2 Å². The van der Waals surface area contributed by atoms with Crippen LogP contribution >= 0.6 is 11.6 Å². The summed E-state index contributed by atoms with van der Waals surface area (Å²) in [5.41, 5.74) is -1.25. The highest BCUT2D eigenvalue weighted by Gasteiger charge is 2.35. The fourth-order valence-electron chi connectivity index (χ4n) is 2.23. The van der Waals surface area contributed by atoms with Crippen molar-refractivity contribution in [2.45, 2.75) is 19.1 Å². The van der Waals surface area contributed by atoms with Gasteiger partial charge in [0.25, 0.3) is 0 Å². The van der Waals surface area contributed by atoms with Crippen molar-refractivity contribution < 1.29 is 22.7 Å². The number of nitrogens with zero attached hydrogens (tertiary/aromatic N) is 1. The Morgan fingerprint density at radius 3 is 2.59 bits per heavy atom. The molecule has 1 saturated heterocycles. The van der Waals surface area contributed by atoms with Crippen LogP contribution in [0, 0.1) is 0 Å². The Balaban J connectivity index is 2.14. The molecule has 1 amide bonds. The number of anilines is 1. The quantitative estimate of drug-likeness (QED) is 0.922. The van der Waals surface area contributed by atoms with Crippen LogP contribution in [0.15, 0.2) is 18.2 Å². The lowest BCUT2D eigenvalue weighted by atomic mass is 10.1. The fraction of sp³-hybridized carbons (Fsp3) is 0.500. The van der Waals surface area contributed by atoms with Crippen molar-refractivity contribution in [3.05, 3.63) is 28.8 Å². The standard InChI is InChI=1S/C14H16ClF3N2O2/c1-9(20-4-6-22-7-5-20)13(21)19-12-3-2-10(15)8-11(12)14(16,17)18/h2-3,8-9H,4-7H2,1H3,(H,19,21). The highest BCUT2D eigenvalue weighted by molar-refractivity contribution is 6.30. The maximum absolute atomic E-state index is 13.0. The number of nitrogens with one attached hydrogen (secondary N) is 1. The van der Waals surface area contributed by atoms with Gasteiger partial charge in [0.15, 0.2) is 0 Å². The molecule has 8 heteroatoms. The molecule has 4 nitrogen and oxygen atoms in total. The van der Waals surface area contributed by atoms with E-state index in [2.05, 4.69) is 5.32 Å². The molecule has 1 aliphatic rings. The number of halogens is 4. The van der Waals surface area contributed by atoms with E-state index in [1.165, 1.54) is 6.07 Å². The van der Waals surface area contributed by atoms with Gasteiger partial charge in [0.05, 0.1) is 30.5 Å². The van der Waals surface area contributed by atoms with Crippen LogP contribution in [0.5, 0.6) is 0 Å². The first-order chi connectivity index (χ1) is 10.3. The molecule has 0 bridgehead atoms. The van der Waals surface area contributed by atoms with Crippen molar-refractivity contribution >= 4 is 23.2 Å². The van der Waals surface area contributed by atoms with Crippen molar-refractivity contribution in [1.29, 1.82) is 0 Å². The Morgan fingerprint density at radius 1 is 1.36 bits per heavy atom. The minimum absolute atomic E-state index is 0.0356. The van der Waals surface area contributed by atoms with Crippen LogP contribution in [0.25, 0.3) is 0 Å². The van der Waals surface area contributed by atoms with E-state index in [0.29, 0.717) is 26.3 Å². The largest absolute Gasteiger partial charge is 0.418 e. The molecule has 0 saturated carbocycles. The molecule has 1 aromatic rings. The van der Waals surface area contributed by atoms with Gasteiger partial charge in [0, 0.05) is 18.1 Å². The van der Waals surface area contributed by atoms with Gasteiger partial charge < -0.3 is 10.1 Å². The Morgan fingerprint density at radius 2 is 2.00 bits per heavy atom. The third-order valence-electron chi connectivity index (χ3n) is 3.52. The number of carbonyl (C=O) groups excluding carboxylic acids is 1. The van der Waals surface area contributed by atoms with Crippen molar-refractivity contribution in [3.63, 3.8) is 0 Å². The van der Waals surface area contributed by atoms with Crippen LogP contribution < -0.4 is 5.32 Å². The van der Waals surface area contributed by atoms with Gasteiger partial charge in [-0.05, 0) is 25.1 Å². The molecule has 1 unspecified atom stereocenters. The number of alkyl halides is 3. The molecule has 122 valence electrons. The third kappa shape index (κ3) is 4.12. The molecular formula is C14H16ClF3N2O2. The number of rotatable bonds is 3. The molecule has 2 rings (SSSR count). The number of hydrogen-bond donors (Lipinski definition) is 1. The molecule has 1 atom stereocenters. The van der Waals surface area contributed by atoms with Crippen LogP contribution in [-0.2, 0) is 15.7 Å². The smallest absolute Gasteiger partial charge is 0.379 e. The summed E-state index contributed by atoms with van der Waals surface area (Å²) in [6, 6.07) is 2.73. The maximum atomic E-state index is 13.0. The Labute approximate surface area is 131 Å². The monoisotopic (exact) mass is 336 g/mol. The number of amides is 1.